The first-order chi connectivity index (χ1) is 15.0. The van der Waals surface area contributed by atoms with Crippen molar-refractivity contribution < 1.29 is 13.9 Å². The Balaban J connectivity index is 1.61. The summed E-state index contributed by atoms with van der Waals surface area (Å²) >= 11 is 13.9. The second-order valence-electron chi connectivity index (χ2n) is 8.45. The van der Waals surface area contributed by atoms with Crippen molar-refractivity contribution in [2.75, 3.05) is 36.8 Å². The van der Waals surface area contributed by atoms with Crippen LogP contribution in [0.1, 0.15) is 20.8 Å². The largest absolute Gasteiger partial charge is 0.444 e. The summed E-state index contributed by atoms with van der Waals surface area (Å²) < 4.78 is 25.2. The predicted octanol–water partition coefficient (Wildman–Crippen LogP) is 5.44. The summed E-state index contributed by atoms with van der Waals surface area (Å²) in [6.07, 6.45) is -0.337. The van der Waals surface area contributed by atoms with E-state index in [1.807, 2.05) is 20.8 Å². The van der Waals surface area contributed by atoms with E-state index in [2.05, 4.69) is 14.3 Å². The summed E-state index contributed by atoms with van der Waals surface area (Å²) in [5, 5.41) is 1.81. The number of nitrogens with two attached hydrogens (primary N) is 1. The highest BCUT2D eigenvalue weighted by molar-refractivity contribution is 7.11. The van der Waals surface area contributed by atoms with Gasteiger partial charge >= 0.3 is 6.09 Å². The van der Waals surface area contributed by atoms with Crippen LogP contribution in [0.3, 0.4) is 0 Å². The second kappa shape index (κ2) is 8.53. The molecule has 4 rings (SSSR count). The number of nitrogen functional groups attached to an aromatic ring is 1. The molecule has 11 heteroatoms. The standard InChI is InChI=1S/C21H22Cl2FN5O2S/c1-21(2,3)31-20(30)29-8-6-28(7-9-29)19-11-10-13(23)15(16(24)17(11)27-32-19)18-12(22)4-5-14(25)26-18/h4-5,10H,6-9H2,1-3H3,(H2,25,26). The van der Waals surface area contributed by atoms with Gasteiger partial charge in [0.15, 0.2) is 5.82 Å². The van der Waals surface area contributed by atoms with Gasteiger partial charge in [0.1, 0.15) is 21.9 Å². The fraction of sp³-hybridized carbons (Fsp3) is 0.381. The zero-order valence-corrected chi connectivity index (χ0v) is 20.1. The molecule has 1 aliphatic rings. The number of carbonyl (C=O) groups excluding carboxylic acids is 1. The lowest BCUT2D eigenvalue weighted by atomic mass is 10.1. The highest BCUT2D eigenvalue weighted by atomic mass is 35.5. The number of halogens is 3. The van der Waals surface area contributed by atoms with Crippen molar-refractivity contribution >= 4 is 62.5 Å². The number of ether oxygens (including phenoxy) is 1. The fourth-order valence-electron chi connectivity index (χ4n) is 3.50. The van der Waals surface area contributed by atoms with E-state index in [-0.39, 0.29) is 38.7 Å². The lowest BCUT2D eigenvalue weighted by Crippen LogP contribution is -2.50. The van der Waals surface area contributed by atoms with Gasteiger partial charge in [-0.1, -0.05) is 23.2 Å². The number of anilines is 2. The summed E-state index contributed by atoms with van der Waals surface area (Å²) in [4.78, 5) is 20.2. The number of fused-ring (bicyclic) bond motifs is 1. The number of hydrogen-bond acceptors (Lipinski definition) is 7. The highest BCUT2D eigenvalue weighted by Gasteiger charge is 2.29. The van der Waals surface area contributed by atoms with E-state index in [1.54, 1.807) is 17.0 Å². The summed E-state index contributed by atoms with van der Waals surface area (Å²) in [5.74, 6) is -0.385. The Morgan fingerprint density at radius 2 is 1.88 bits per heavy atom. The van der Waals surface area contributed by atoms with Crippen LogP contribution < -0.4 is 10.6 Å². The minimum atomic E-state index is -0.595. The molecule has 0 aliphatic carbocycles. The number of amides is 1. The van der Waals surface area contributed by atoms with Gasteiger partial charge in [-0.05, 0) is 50.5 Å². The minimum Gasteiger partial charge on any atom is -0.444 e. The molecule has 0 saturated carbocycles. The normalized spacial score (nSPS) is 14.8. The van der Waals surface area contributed by atoms with Crippen LogP contribution in [0.25, 0.3) is 22.2 Å². The quantitative estimate of drug-likeness (QED) is 0.506. The maximum atomic E-state index is 15.5. The molecule has 170 valence electrons. The van der Waals surface area contributed by atoms with Crippen molar-refractivity contribution in [2.24, 2.45) is 0 Å². The van der Waals surface area contributed by atoms with Gasteiger partial charge in [0.05, 0.1) is 21.3 Å². The molecule has 2 N–H and O–H groups in total. The number of benzene rings is 1. The summed E-state index contributed by atoms with van der Waals surface area (Å²) in [5.41, 5.74) is 5.65. The van der Waals surface area contributed by atoms with Gasteiger partial charge in [-0.3, -0.25) is 0 Å². The molecular formula is C21H22Cl2FN5O2S. The smallest absolute Gasteiger partial charge is 0.410 e. The second-order valence-corrected chi connectivity index (χ2v) is 10.0. The van der Waals surface area contributed by atoms with Crippen LogP contribution in [-0.2, 0) is 4.74 Å². The van der Waals surface area contributed by atoms with Crippen molar-refractivity contribution in [1.82, 2.24) is 14.3 Å². The molecule has 32 heavy (non-hydrogen) atoms. The maximum Gasteiger partial charge on any atom is 0.410 e. The monoisotopic (exact) mass is 497 g/mol. The van der Waals surface area contributed by atoms with Gasteiger partial charge < -0.3 is 20.3 Å². The SMILES string of the molecule is CC(C)(C)OC(=O)N1CCN(c2snc3c(F)c(-c4nc(N)ccc4Cl)c(Cl)cc23)CC1. The molecule has 3 aromatic rings. The number of rotatable bonds is 2. The van der Waals surface area contributed by atoms with Crippen LogP contribution in [0.5, 0.6) is 0 Å². The third-order valence-electron chi connectivity index (χ3n) is 4.97. The molecule has 0 radical (unpaired) electrons. The third kappa shape index (κ3) is 4.42. The maximum absolute atomic E-state index is 15.5. The van der Waals surface area contributed by atoms with Gasteiger partial charge in [-0.15, -0.1) is 0 Å². The fourth-order valence-corrected chi connectivity index (χ4v) is 4.88. The Bertz CT molecular complexity index is 1190. The molecule has 1 aliphatic heterocycles. The summed E-state index contributed by atoms with van der Waals surface area (Å²) in [6, 6.07) is 4.76. The lowest BCUT2D eigenvalue weighted by molar-refractivity contribution is 0.0241. The van der Waals surface area contributed by atoms with Crippen LogP contribution >= 0.6 is 34.7 Å². The van der Waals surface area contributed by atoms with Gasteiger partial charge in [0.2, 0.25) is 0 Å². The van der Waals surface area contributed by atoms with E-state index < -0.39 is 11.4 Å². The van der Waals surface area contributed by atoms with E-state index in [0.29, 0.717) is 31.6 Å². The number of nitrogens with zero attached hydrogens (tertiary/aromatic N) is 4. The van der Waals surface area contributed by atoms with Crippen molar-refractivity contribution in [3.8, 4) is 11.3 Å². The van der Waals surface area contributed by atoms with Gasteiger partial charge in [0, 0.05) is 31.6 Å². The predicted molar refractivity (Wildman–Crippen MR) is 127 cm³/mol. The van der Waals surface area contributed by atoms with Crippen LogP contribution in [0.2, 0.25) is 10.0 Å². The first kappa shape index (κ1) is 22.8. The molecule has 1 saturated heterocycles. The zero-order chi connectivity index (χ0) is 23.2. The first-order valence-corrected chi connectivity index (χ1v) is 11.5. The van der Waals surface area contributed by atoms with E-state index in [9.17, 15) is 4.79 Å². The van der Waals surface area contributed by atoms with Crippen LogP contribution in [-0.4, -0.2) is 52.1 Å². The van der Waals surface area contributed by atoms with Crippen molar-refractivity contribution in [3.05, 3.63) is 34.1 Å². The van der Waals surface area contributed by atoms with Crippen molar-refractivity contribution in [3.63, 3.8) is 0 Å². The Labute approximate surface area is 199 Å². The lowest BCUT2D eigenvalue weighted by Gasteiger charge is -2.36. The van der Waals surface area contributed by atoms with E-state index in [4.69, 9.17) is 33.7 Å². The first-order valence-electron chi connectivity index (χ1n) is 9.98. The number of pyridine rings is 1. The van der Waals surface area contributed by atoms with Gasteiger partial charge in [-0.2, -0.15) is 4.37 Å². The van der Waals surface area contributed by atoms with Crippen molar-refractivity contribution in [1.29, 1.82) is 0 Å². The summed E-state index contributed by atoms with van der Waals surface area (Å²) in [6.45, 7) is 7.63. The molecule has 0 unspecified atom stereocenters. The zero-order valence-electron chi connectivity index (χ0n) is 17.8. The third-order valence-corrected chi connectivity index (χ3v) is 6.50. The molecule has 2 aromatic heterocycles. The highest BCUT2D eigenvalue weighted by Crippen LogP contribution is 2.42. The molecule has 1 amide bonds. The van der Waals surface area contributed by atoms with E-state index >= 15 is 4.39 Å². The Morgan fingerprint density at radius 3 is 2.53 bits per heavy atom. The Morgan fingerprint density at radius 1 is 1.19 bits per heavy atom. The molecule has 0 bridgehead atoms. The van der Waals surface area contributed by atoms with Crippen LogP contribution in [0.15, 0.2) is 18.2 Å². The average Bonchev–Trinajstić information content (AvgIpc) is 3.13. The Kier molecular flexibility index (Phi) is 6.08. The Hall–Kier alpha value is -2.36. The van der Waals surface area contributed by atoms with Crippen molar-refractivity contribution in [2.45, 2.75) is 26.4 Å². The molecule has 1 fully saturated rings. The van der Waals surface area contributed by atoms with Gasteiger partial charge in [-0.25, -0.2) is 14.2 Å². The van der Waals surface area contributed by atoms with Gasteiger partial charge in [0.25, 0.3) is 0 Å². The number of piperazine rings is 1. The minimum absolute atomic E-state index is 0.0723. The van der Waals surface area contributed by atoms with E-state index in [0.717, 1.165) is 5.00 Å². The van der Waals surface area contributed by atoms with E-state index in [1.165, 1.54) is 17.6 Å². The topological polar surface area (TPSA) is 84.6 Å². The molecule has 7 nitrogen and oxygen atoms in total. The molecule has 1 aromatic carbocycles. The molecule has 0 spiro atoms. The average molecular weight is 498 g/mol. The van der Waals surface area contributed by atoms with Crippen LogP contribution in [0, 0.1) is 5.82 Å². The number of aromatic nitrogens is 2. The summed E-state index contributed by atoms with van der Waals surface area (Å²) in [7, 11) is 0. The molecule has 0 atom stereocenters. The molecule has 3 heterocycles. The number of hydrogen-bond donors (Lipinski definition) is 1. The van der Waals surface area contributed by atoms with Crippen LogP contribution in [0.4, 0.5) is 20.0 Å². The number of carbonyl (C=O) groups is 1. The molecular weight excluding hydrogens is 476 g/mol.